The molecule has 1 aromatic carbocycles. The number of sulfonamides is 1. The van der Waals surface area contributed by atoms with Gasteiger partial charge >= 0.3 is 5.97 Å². The predicted octanol–water partition coefficient (Wildman–Crippen LogP) is 2.58. The highest BCUT2D eigenvalue weighted by molar-refractivity contribution is 9.10. The van der Waals surface area contributed by atoms with E-state index in [2.05, 4.69) is 15.9 Å². The lowest BCUT2D eigenvalue weighted by molar-refractivity contribution is -0.134. The Kier molecular flexibility index (Phi) is 4.65. The summed E-state index contributed by atoms with van der Waals surface area (Å²) in [6.07, 6.45) is 0. The molecule has 0 unspecified atom stereocenters. The number of halogens is 3. The molecule has 0 aliphatic rings. The van der Waals surface area contributed by atoms with E-state index in [1.54, 1.807) is 0 Å². The van der Waals surface area contributed by atoms with E-state index in [9.17, 15) is 13.2 Å². The van der Waals surface area contributed by atoms with E-state index >= 15 is 0 Å². The van der Waals surface area contributed by atoms with Gasteiger partial charge in [-0.1, -0.05) is 39.1 Å². The zero-order chi connectivity index (χ0) is 13.2. The maximum Gasteiger partial charge on any atom is 0.320 e. The van der Waals surface area contributed by atoms with Crippen molar-refractivity contribution in [2.45, 2.75) is 0 Å². The van der Waals surface area contributed by atoms with Crippen LogP contribution in [0.1, 0.15) is 0 Å². The number of rotatable bonds is 4. The van der Waals surface area contributed by atoms with Crippen LogP contribution in [0.2, 0.25) is 10.0 Å². The van der Waals surface area contributed by atoms with Gasteiger partial charge in [0.2, 0.25) is 10.0 Å². The van der Waals surface area contributed by atoms with E-state index in [1.807, 2.05) is 4.72 Å². The number of carbonyl (C=O) groups is 1. The van der Waals surface area contributed by atoms with Crippen LogP contribution in [-0.4, -0.2) is 25.2 Å². The Bertz CT molecular complexity index is 538. The quantitative estimate of drug-likeness (QED) is 0.862. The molecule has 0 bridgehead atoms. The predicted molar refractivity (Wildman–Crippen MR) is 69.2 cm³/mol. The number of carboxylic acid groups (broad SMARTS) is 1. The second-order valence-corrected chi connectivity index (χ2v) is 6.45. The van der Waals surface area contributed by atoms with Gasteiger partial charge in [0.15, 0.2) is 5.75 Å². The number of aliphatic carboxylic acids is 1. The van der Waals surface area contributed by atoms with Crippen LogP contribution < -0.4 is 4.72 Å². The van der Waals surface area contributed by atoms with E-state index < -0.39 is 21.7 Å². The van der Waals surface area contributed by atoms with Gasteiger partial charge in [-0.25, -0.2) is 8.42 Å². The Hall–Kier alpha value is -0.500. The Balaban J connectivity index is 3.08. The largest absolute Gasteiger partial charge is 0.480 e. The molecule has 0 aliphatic carbocycles. The summed E-state index contributed by atoms with van der Waals surface area (Å²) in [5.74, 6) is -2.53. The first-order chi connectivity index (χ1) is 7.71. The third kappa shape index (κ3) is 4.34. The summed E-state index contributed by atoms with van der Waals surface area (Å²) in [7, 11) is -4.03. The molecule has 0 radical (unpaired) electrons. The third-order valence-electron chi connectivity index (χ3n) is 1.58. The van der Waals surface area contributed by atoms with Gasteiger partial charge in [0.1, 0.15) is 0 Å². The molecule has 9 heteroatoms. The molecule has 0 aromatic heterocycles. The molecular weight excluding hydrogens is 357 g/mol. The second kappa shape index (κ2) is 5.43. The van der Waals surface area contributed by atoms with E-state index in [0.29, 0.717) is 4.47 Å². The Morgan fingerprint density at radius 3 is 2.24 bits per heavy atom. The number of carboxylic acids is 1. The van der Waals surface area contributed by atoms with Crippen LogP contribution >= 0.6 is 39.1 Å². The van der Waals surface area contributed by atoms with Gasteiger partial charge in [0.05, 0.1) is 15.7 Å². The minimum absolute atomic E-state index is 0.0437. The molecule has 0 spiro atoms. The van der Waals surface area contributed by atoms with Crippen molar-refractivity contribution in [2.24, 2.45) is 0 Å². The molecule has 0 saturated carbocycles. The zero-order valence-electron chi connectivity index (χ0n) is 8.08. The highest BCUT2D eigenvalue weighted by Crippen LogP contribution is 2.34. The number of benzene rings is 1. The van der Waals surface area contributed by atoms with Crippen molar-refractivity contribution in [1.82, 2.24) is 0 Å². The minimum atomic E-state index is -4.03. The Morgan fingerprint density at radius 1 is 1.35 bits per heavy atom. The molecule has 0 amide bonds. The van der Waals surface area contributed by atoms with Crippen molar-refractivity contribution in [2.75, 3.05) is 10.5 Å². The molecule has 0 fully saturated rings. The highest BCUT2D eigenvalue weighted by Gasteiger charge is 2.19. The summed E-state index contributed by atoms with van der Waals surface area (Å²) in [5, 5.41) is 8.55. The molecule has 94 valence electrons. The fraction of sp³-hybridized carbons (Fsp3) is 0.125. The van der Waals surface area contributed by atoms with E-state index in [1.165, 1.54) is 12.1 Å². The summed E-state index contributed by atoms with van der Waals surface area (Å²) < 4.78 is 25.4. The topological polar surface area (TPSA) is 83.5 Å². The maximum atomic E-state index is 11.4. The first-order valence-electron chi connectivity index (χ1n) is 4.08. The van der Waals surface area contributed by atoms with Gasteiger partial charge < -0.3 is 5.11 Å². The van der Waals surface area contributed by atoms with Crippen LogP contribution in [0.4, 0.5) is 5.69 Å². The molecule has 17 heavy (non-hydrogen) atoms. The zero-order valence-corrected chi connectivity index (χ0v) is 12.0. The average molecular weight is 363 g/mol. The van der Waals surface area contributed by atoms with Gasteiger partial charge in [0.25, 0.3) is 0 Å². The lowest BCUT2D eigenvalue weighted by Crippen LogP contribution is -2.22. The summed E-state index contributed by atoms with van der Waals surface area (Å²) in [6.45, 7) is 0. The molecule has 0 heterocycles. The summed E-state index contributed by atoms with van der Waals surface area (Å²) in [4.78, 5) is 10.3. The van der Waals surface area contributed by atoms with Gasteiger partial charge in [-0.15, -0.1) is 0 Å². The second-order valence-electron chi connectivity index (χ2n) is 3.00. The number of hydrogen-bond acceptors (Lipinski definition) is 3. The van der Waals surface area contributed by atoms with Crippen LogP contribution in [-0.2, 0) is 14.8 Å². The smallest absolute Gasteiger partial charge is 0.320 e. The lowest BCUT2D eigenvalue weighted by Gasteiger charge is -2.10. The van der Waals surface area contributed by atoms with Crippen molar-refractivity contribution in [3.8, 4) is 0 Å². The number of nitrogens with one attached hydrogen (secondary N) is 1. The Labute approximate surface area is 116 Å². The van der Waals surface area contributed by atoms with Gasteiger partial charge in [0, 0.05) is 4.47 Å². The first kappa shape index (κ1) is 14.6. The molecule has 1 aromatic rings. The van der Waals surface area contributed by atoms with Crippen LogP contribution in [0.5, 0.6) is 0 Å². The summed E-state index contributed by atoms with van der Waals surface area (Å²) in [6, 6.07) is 2.87. The number of anilines is 1. The maximum absolute atomic E-state index is 11.4. The van der Waals surface area contributed by atoms with E-state index in [-0.39, 0.29) is 15.7 Å². The van der Waals surface area contributed by atoms with Crippen molar-refractivity contribution in [3.63, 3.8) is 0 Å². The summed E-state index contributed by atoms with van der Waals surface area (Å²) in [5.41, 5.74) is -0.0437. The van der Waals surface area contributed by atoms with Crippen LogP contribution in [0, 0.1) is 0 Å². The standard InChI is InChI=1S/C8H6BrCl2NO4S/c9-4-1-5(10)8(6(11)2-4)12-17(15,16)3-7(13)14/h1-2,12H,3H2,(H,13,14). The Morgan fingerprint density at radius 2 is 1.82 bits per heavy atom. The van der Waals surface area contributed by atoms with Gasteiger partial charge in [-0.2, -0.15) is 0 Å². The van der Waals surface area contributed by atoms with Crippen LogP contribution in [0.25, 0.3) is 0 Å². The highest BCUT2D eigenvalue weighted by atomic mass is 79.9. The molecule has 1 rings (SSSR count). The monoisotopic (exact) mass is 361 g/mol. The van der Waals surface area contributed by atoms with E-state index in [4.69, 9.17) is 28.3 Å². The minimum Gasteiger partial charge on any atom is -0.480 e. The molecular formula is C8H6BrCl2NO4S. The first-order valence-corrected chi connectivity index (χ1v) is 7.28. The lowest BCUT2D eigenvalue weighted by atomic mass is 10.3. The number of hydrogen-bond donors (Lipinski definition) is 2. The third-order valence-corrected chi connectivity index (χ3v) is 3.77. The fourth-order valence-corrected chi connectivity index (χ4v) is 3.34. The summed E-state index contributed by atoms with van der Waals surface area (Å²) >= 11 is 14.7. The van der Waals surface area contributed by atoms with Crippen molar-refractivity contribution >= 4 is 60.8 Å². The van der Waals surface area contributed by atoms with Gasteiger partial charge in [-0.05, 0) is 12.1 Å². The molecule has 0 saturated heterocycles. The van der Waals surface area contributed by atoms with E-state index in [0.717, 1.165) is 0 Å². The van der Waals surface area contributed by atoms with Crippen LogP contribution in [0.15, 0.2) is 16.6 Å². The van der Waals surface area contributed by atoms with Gasteiger partial charge in [-0.3, -0.25) is 9.52 Å². The van der Waals surface area contributed by atoms with Crippen molar-refractivity contribution < 1.29 is 18.3 Å². The fourth-order valence-electron chi connectivity index (χ4n) is 0.994. The molecule has 5 nitrogen and oxygen atoms in total. The van der Waals surface area contributed by atoms with Crippen molar-refractivity contribution in [3.05, 3.63) is 26.7 Å². The molecule has 2 N–H and O–H groups in total. The molecule has 0 atom stereocenters. The van der Waals surface area contributed by atoms with Crippen LogP contribution in [0.3, 0.4) is 0 Å². The normalized spacial score (nSPS) is 11.2. The van der Waals surface area contributed by atoms with Crippen molar-refractivity contribution in [1.29, 1.82) is 0 Å². The SMILES string of the molecule is O=C(O)CS(=O)(=O)Nc1c(Cl)cc(Br)cc1Cl. The molecule has 0 aliphatic heterocycles. The average Bonchev–Trinajstić information content (AvgIpc) is 2.09.